The summed E-state index contributed by atoms with van der Waals surface area (Å²) in [6.07, 6.45) is 7.31. The van der Waals surface area contributed by atoms with Crippen LogP contribution in [0.2, 0.25) is 0 Å². The molecule has 0 amide bonds. The van der Waals surface area contributed by atoms with Crippen molar-refractivity contribution in [1.82, 2.24) is 0 Å². The molecule has 2 aromatic rings. The van der Waals surface area contributed by atoms with Crippen LogP contribution in [0.25, 0.3) is 0 Å². The van der Waals surface area contributed by atoms with Crippen LogP contribution in [0.15, 0.2) is 48.5 Å². The fraction of sp³-hybridized carbons (Fsp3) is 0.478. The molecule has 140 valence electrons. The van der Waals surface area contributed by atoms with Gasteiger partial charge in [-0.2, -0.15) is 0 Å². The maximum Gasteiger partial charge on any atom is 0.119 e. The molecule has 1 saturated carbocycles. The zero-order valence-electron chi connectivity index (χ0n) is 15.7. The first-order valence-electron chi connectivity index (χ1n) is 9.81. The van der Waals surface area contributed by atoms with Gasteiger partial charge in [-0.25, -0.2) is 0 Å². The van der Waals surface area contributed by atoms with Gasteiger partial charge in [0.2, 0.25) is 0 Å². The van der Waals surface area contributed by atoms with E-state index in [1.54, 1.807) is 0 Å². The Kier molecular flexibility index (Phi) is 6.85. The minimum absolute atomic E-state index is 0.104. The lowest BCUT2D eigenvalue weighted by atomic mass is 9.65. The van der Waals surface area contributed by atoms with Crippen molar-refractivity contribution in [3.63, 3.8) is 0 Å². The van der Waals surface area contributed by atoms with Crippen molar-refractivity contribution in [1.29, 1.82) is 0 Å². The smallest absolute Gasteiger partial charge is 0.119 e. The van der Waals surface area contributed by atoms with E-state index >= 15 is 0 Å². The molecule has 1 aliphatic carbocycles. The molecular weight excluding hydrogens is 344 g/mol. The van der Waals surface area contributed by atoms with E-state index in [1.807, 2.05) is 0 Å². The molecule has 0 atom stereocenters. The van der Waals surface area contributed by atoms with Crippen molar-refractivity contribution in [2.75, 3.05) is 19.1 Å². The van der Waals surface area contributed by atoms with Gasteiger partial charge in [-0.15, -0.1) is 11.6 Å². The van der Waals surface area contributed by atoms with E-state index in [4.69, 9.17) is 21.1 Å². The highest BCUT2D eigenvalue weighted by Crippen LogP contribution is 2.45. The van der Waals surface area contributed by atoms with Crippen molar-refractivity contribution in [2.24, 2.45) is 0 Å². The lowest BCUT2D eigenvalue weighted by Gasteiger charge is -2.38. The first-order valence-corrected chi connectivity index (χ1v) is 10.3. The van der Waals surface area contributed by atoms with Crippen molar-refractivity contribution in [2.45, 2.75) is 50.9 Å². The van der Waals surface area contributed by atoms with Crippen LogP contribution in [0.5, 0.6) is 11.5 Å². The number of ether oxygens (including phenoxy) is 2. The Labute approximate surface area is 162 Å². The Morgan fingerprint density at radius 2 is 1.27 bits per heavy atom. The third-order valence-electron chi connectivity index (χ3n) is 5.34. The number of alkyl halides is 1. The number of hydrogen-bond donors (Lipinski definition) is 0. The van der Waals surface area contributed by atoms with Crippen molar-refractivity contribution < 1.29 is 9.47 Å². The Hall–Kier alpha value is -1.67. The van der Waals surface area contributed by atoms with E-state index in [0.717, 1.165) is 24.5 Å². The lowest BCUT2D eigenvalue weighted by molar-refractivity contribution is 0.316. The van der Waals surface area contributed by atoms with Gasteiger partial charge in [0, 0.05) is 5.41 Å². The molecule has 2 nitrogen and oxygen atoms in total. The van der Waals surface area contributed by atoms with Crippen LogP contribution in [0.1, 0.15) is 56.6 Å². The molecular formula is C23H29ClO2. The fourth-order valence-corrected chi connectivity index (χ4v) is 4.09. The molecule has 3 rings (SSSR count). The molecule has 0 radical (unpaired) electrons. The second-order valence-electron chi connectivity index (χ2n) is 7.08. The summed E-state index contributed by atoms with van der Waals surface area (Å²) in [5, 5.41) is 0. The van der Waals surface area contributed by atoms with Crippen LogP contribution in [0.4, 0.5) is 0 Å². The number of halogens is 1. The summed E-state index contributed by atoms with van der Waals surface area (Å²) >= 11 is 5.72. The fourth-order valence-electron chi connectivity index (χ4n) is 4.02. The van der Waals surface area contributed by atoms with Crippen LogP contribution in [-0.2, 0) is 5.41 Å². The molecule has 0 saturated heterocycles. The highest BCUT2D eigenvalue weighted by Gasteiger charge is 2.35. The molecule has 26 heavy (non-hydrogen) atoms. The first-order chi connectivity index (χ1) is 12.8. The molecule has 0 bridgehead atoms. The van der Waals surface area contributed by atoms with Crippen LogP contribution < -0.4 is 9.47 Å². The van der Waals surface area contributed by atoms with Gasteiger partial charge in [0.15, 0.2) is 0 Å². The SMILES string of the molecule is CCCOc1ccc(C2(c3ccc(OCCCl)cc3)CCCCC2)cc1. The van der Waals surface area contributed by atoms with Gasteiger partial charge in [0.05, 0.1) is 12.5 Å². The molecule has 0 N–H and O–H groups in total. The first kappa shape index (κ1) is 19.1. The monoisotopic (exact) mass is 372 g/mol. The summed E-state index contributed by atoms with van der Waals surface area (Å²) in [4.78, 5) is 0. The van der Waals surface area contributed by atoms with Crippen LogP contribution in [0, 0.1) is 0 Å². The van der Waals surface area contributed by atoms with E-state index in [-0.39, 0.29) is 5.41 Å². The van der Waals surface area contributed by atoms with Crippen LogP contribution >= 0.6 is 11.6 Å². The molecule has 1 fully saturated rings. The average Bonchev–Trinajstić information content (AvgIpc) is 2.72. The van der Waals surface area contributed by atoms with Crippen molar-refractivity contribution in [3.8, 4) is 11.5 Å². The number of rotatable bonds is 8. The summed E-state index contributed by atoms with van der Waals surface area (Å²) in [5.41, 5.74) is 2.89. The van der Waals surface area contributed by atoms with E-state index < -0.39 is 0 Å². The summed E-state index contributed by atoms with van der Waals surface area (Å²) in [6, 6.07) is 17.4. The Morgan fingerprint density at radius 3 is 1.73 bits per heavy atom. The maximum atomic E-state index is 5.76. The van der Waals surface area contributed by atoms with E-state index in [2.05, 4.69) is 55.5 Å². The third kappa shape index (κ3) is 4.35. The van der Waals surface area contributed by atoms with Gasteiger partial charge in [0.1, 0.15) is 18.1 Å². The number of hydrogen-bond acceptors (Lipinski definition) is 2. The molecule has 0 aromatic heterocycles. The minimum Gasteiger partial charge on any atom is -0.494 e. The Balaban J connectivity index is 1.86. The van der Waals surface area contributed by atoms with E-state index in [0.29, 0.717) is 12.5 Å². The standard InChI is InChI=1S/C23H29ClO2/c1-2-17-25-21-10-6-19(7-11-21)23(14-4-3-5-15-23)20-8-12-22(13-9-20)26-18-16-24/h6-13H,2-5,14-18H2,1H3. The number of benzene rings is 2. The quantitative estimate of drug-likeness (QED) is 0.503. The van der Waals surface area contributed by atoms with Gasteiger partial charge in [-0.1, -0.05) is 50.5 Å². The molecule has 0 unspecified atom stereocenters. The molecule has 0 spiro atoms. The van der Waals surface area contributed by atoms with E-state index in [1.165, 1.54) is 43.2 Å². The predicted molar refractivity (Wildman–Crippen MR) is 109 cm³/mol. The molecule has 1 aliphatic rings. The minimum atomic E-state index is 0.104. The average molecular weight is 373 g/mol. The molecule has 0 aliphatic heterocycles. The zero-order chi connectivity index (χ0) is 18.2. The highest BCUT2D eigenvalue weighted by atomic mass is 35.5. The maximum absolute atomic E-state index is 5.76. The Bertz CT molecular complexity index is 604. The lowest BCUT2D eigenvalue weighted by Crippen LogP contribution is -2.30. The van der Waals surface area contributed by atoms with Gasteiger partial charge in [-0.05, 0) is 54.7 Å². The summed E-state index contributed by atoms with van der Waals surface area (Å²) in [7, 11) is 0. The highest BCUT2D eigenvalue weighted by molar-refractivity contribution is 6.18. The van der Waals surface area contributed by atoms with Gasteiger partial charge < -0.3 is 9.47 Å². The van der Waals surface area contributed by atoms with Crippen molar-refractivity contribution >= 4 is 11.6 Å². The summed E-state index contributed by atoms with van der Waals surface area (Å²) in [6.45, 7) is 3.45. The van der Waals surface area contributed by atoms with Crippen LogP contribution in [0.3, 0.4) is 0 Å². The Morgan fingerprint density at radius 1 is 0.769 bits per heavy atom. The van der Waals surface area contributed by atoms with Gasteiger partial charge in [0.25, 0.3) is 0 Å². The van der Waals surface area contributed by atoms with Gasteiger partial charge in [-0.3, -0.25) is 0 Å². The second-order valence-corrected chi connectivity index (χ2v) is 7.46. The van der Waals surface area contributed by atoms with E-state index in [9.17, 15) is 0 Å². The second kappa shape index (κ2) is 9.32. The predicted octanol–water partition coefficient (Wildman–Crippen LogP) is 6.34. The normalized spacial score (nSPS) is 16.2. The summed E-state index contributed by atoms with van der Waals surface area (Å²) in [5.74, 6) is 2.37. The van der Waals surface area contributed by atoms with Crippen molar-refractivity contribution in [3.05, 3.63) is 59.7 Å². The topological polar surface area (TPSA) is 18.5 Å². The molecule has 3 heteroatoms. The third-order valence-corrected chi connectivity index (χ3v) is 5.49. The summed E-state index contributed by atoms with van der Waals surface area (Å²) < 4.78 is 11.4. The zero-order valence-corrected chi connectivity index (χ0v) is 16.4. The van der Waals surface area contributed by atoms with Crippen LogP contribution in [-0.4, -0.2) is 19.1 Å². The van der Waals surface area contributed by atoms with Gasteiger partial charge >= 0.3 is 0 Å². The largest absolute Gasteiger partial charge is 0.494 e. The molecule has 2 aromatic carbocycles. The molecule has 0 heterocycles.